The Hall–Kier alpha value is -2.97. The molecule has 2 N–H and O–H groups in total. The third kappa shape index (κ3) is 8.32. The topological polar surface area (TPSA) is 104 Å². The predicted molar refractivity (Wildman–Crippen MR) is 164 cm³/mol. The molecule has 0 aromatic heterocycles. The Morgan fingerprint density at radius 2 is 1.50 bits per heavy atom. The number of ether oxygens (including phenoxy) is 5. The molecule has 0 bridgehead atoms. The van der Waals surface area contributed by atoms with Crippen molar-refractivity contribution < 1.29 is 38.7 Å². The van der Waals surface area contributed by atoms with Crippen LogP contribution in [-0.4, -0.2) is 55.6 Å². The normalized spacial score (nSPS) is 16.0. The lowest BCUT2D eigenvalue weighted by Crippen LogP contribution is -2.24. The minimum atomic E-state index is -0.881. The van der Waals surface area contributed by atoms with Crippen molar-refractivity contribution in [1.82, 2.24) is 0 Å². The van der Waals surface area contributed by atoms with Crippen molar-refractivity contribution >= 4 is 5.78 Å². The van der Waals surface area contributed by atoms with E-state index in [4.69, 9.17) is 23.7 Å². The van der Waals surface area contributed by atoms with Gasteiger partial charge < -0.3 is 33.9 Å². The van der Waals surface area contributed by atoms with Crippen LogP contribution in [0.1, 0.15) is 106 Å². The number of aliphatic hydroxyl groups is 2. The highest BCUT2D eigenvalue weighted by atomic mass is 16.5. The van der Waals surface area contributed by atoms with Gasteiger partial charge in [0.1, 0.15) is 28.9 Å². The molecule has 3 rings (SSSR count). The number of methoxy groups -OCH3 is 4. The minimum absolute atomic E-state index is 0.0778. The quantitative estimate of drug-likeness (QED) is 0.239. The van der Waals surface area contributed by atoms with E-state index in [0.29, 0.717) is 53.1 Å². The van der Waals surface area contributed by atoms with Crippen LogP contribution >= 0.6 is 0 Å². The zero-order chi connectivity index (χ0) is 31.2. The summed E-state index contributed by atoms with van der Waals surface area (Å²) in [6, 6.07) is 5.58. The molecule has 8 nitrogen and oxygen atoms in total. The lowest BCUT2D eigenvalue weighted by atomic mass is 9.87. The second kappa shape index (κ2) is 14.0. The average molecular weight is 587 g/mol. The number of carbonyl (C=O) groups is 1. The third-order valence-corrected chi connectivity index (χ3v) is 8.04. The van der Waals surface area contributed by atoms with Gasteiger partial charge in [0.2, 0.25) is 0 Å². The number of rotatable bonds is 15. The van der Waals surface area contributed by atoms with Gasteiger partial charge in [-0.3, -0.25) is 4.79 Å². The van der Waals surface area contributed by atoms with Gasteiger partial charge in [0, 0.05) is 17.2 Å². The van der Waals surface area contributed by atoms with Crippen LogP contribution in [0.5, 0.6) is 28.7 Å². The van der Waals surface area contributed by atoms with Gasteiger partial charge in [0.05, 0.1) is 46.1 Å². The van der Waals surface area contributed by atoms with Crippen molar-refractivity contribution in [3.63, 3.8) is 0 Å². The molecule has 2 aromatic rings. The summed E-state index contributed by atoms with van der Waals surface area (Å²) < 4.78 is 29.5. The number of ketones is 1. The highest BCUT2D eigenvalue weighted by molar-refractivity contribution is 6.03. The molecule has 1 unspecified atom stereocenters. The number of hydrogen-bond donors (Lipinski definition) is 2. The van der Waals surface area contributed by atoms with Crippen LogP contribution in [0.15, 0.2) is 18.2 Å². The van der Waals surface area contributed by atoms with Crippen molar-refractivity contribution in [1.29, 1.82) is 0 Å². The van der Waals surface area contributed by atoms with E-state index < -0.39 is 17.3 Å². The summed E-state index contributed by atoms with van der Waals surface area (Å²) in [6.07, 6.45) is 4.92. The van der Waals surface area contributed by atoms with Crippen molar-refractivity contribution in [2.75, 3.05) is 28.4 Å². The van der Waals surface area contributed by atoms with Crippen molar-refractivity contribution in [3.05, 3.63) is 40.5 Å². The molecule has 1 aliphatic rings. The van der Waals surface area contributed by atoms with E-state index in [1.807, 2.05) is 26.0 Å². The molecule has 1 aliphatic heterocycles. The van der Waals surface area contributed by atoms with Crippen LogP contribution in [0.3, 0.4) is 0 Å². The Balaban J connectivity index is 1.96. The Bertz CT molecular complexity index is 1220. The van der Waals surface area contributed by atoms with Gasteiger partial charge in [0.15, 0.2) is 17.3 Å². The second-order valence-electron chi connectivity index (χ2n) is 12.7. The van der Waals surface area contributed by atoms with Gasteiger partial charge in [0.25, 0.3) is 0 Å². The highest BCUT2D eigenvalue weighted by Crippen LogP contribution is 2.48. The number of hydrogen-bond acceptors (Lipinski definition) is 8. The lowest BCUT2D eigenvalue weighted by Gasteiger charge is -2.31. The third-order valence-electron chi connectivity index (χ3n) is 8.04. The van der Waals surface area contributed by atoms with Gasteiger partial charge in [-0.05, 0) is 77.3 Å². The fraction of sp³-hybridized carbons (Fsp3) is 0.618. The number of fused-ring (bicyclic) bond motifs is 1. The van der Waals surface area contributed by atoms with Gasteiger partial charge in [-0.25, -0.2) is 0 Å². The van der Waals surface area contributed by atoms with E-state index in [-0.39, 0.29) is 12.2 Å². The maximum atomic E-state index is 13.7. The molecule has 2 aromatic carbocycles. The Kier molecular flexibility index (Phi) is 11.2. The van der Waals surface area contributed by atoms with Crippen LogP contribution in [0.25, 0.3) is 0 Å². The van der Waals surface area contributed by atoms with Crippen molar-refractivity contribution in [2.24, 2.45) is 5.92 Å². The first-order valence-corrected chi connectivity index (χ1v) is 14.9. The van der Waals surface area contributed by atoms with Gasteiger partial charge in [-0.15, -0.1) is 0 Å². The molecule has 0 saturated carbocycles. The molecule has 8 heteroatoms. The molecule has 0 radical (unpaired) electrons. The smallest absolute Gasteiger partial charge is 0.174 e. The van der Waals surface area contributed by atoms with Crippen LogP contribution in [0.2, 0.25) is 0 Å². The molecule has 234 valence electrons. The second-order valence-corrected chi connectivity index (χ2v) is 12.7. The zero-order valence-electron chi connectivity index (χ0n) is 26.9. The van der Waals surface area contributed by atoms with Crippen molar-refractivity contribution in [2.45, 2.75) is 103 Å². The maximum absolute atomic E-state index is 13.7. The van der Waals surface area contributed by atoms with E-state index in [1.165, 1.54) is 7.11 Å². The molecular weight excluding hydrogens is 536 g/mol. The summed E-state index contributed by atoms with van der Waals surface area (Å²) in [7, 11) is 6.36. The molecule has 42 heavy (non-hydrogen) atoms. The summed E-state index contributed by atoms with van der Waals surface area (Å²) in [5.41, 5.74) is 1.46. The van der Waals surface area contributed by atoms with Crippen LogP contribution in [0, 0.1) is 5.92 Å². The average Bonchev–Trinajstić information content (AvgIpc) is 2.92. The summed E-state index contributed by atoms with van der Waals surface area (Å²) in [5, 5.41) is 20.4. The van der Waals surface area contributed by atoms with E-state index in [1.54, 1.807) is 41.2 Å². The minimum Gasteiger partial charge on any atom is -0.496 e. The van der Waals surface area contributed by atoms with E-state index in [0.717, 1.165) is 48.8 Å². The number of benzene rings is 2. The molecule has 0 amide bonds. The number of Topliss-reactive ketones (excluding diaryl/α,β-unsaturated/α-hetero) is 1. The monoisotopic (exact) mass is 586 g/mol. The van der Waals surface area contributed by atoms with E-state index in [9.17, 15) is 15.0 Å². The Morgan fingerprint density at radius 3 is 2.07 bits per heavy atom. The van der Waals surface area contributed by atoms with E-state index in [2.05, 4.69) is 6.92 Å². The molecule has 0 spiro atoms. The number of carbonyl (C=O) groups excluding carboxylic acids is 1. The Morgan fingerprint density at radius 1 is 0.857 bits per heavy atom. The fourth-order valence-corrected chi connectivity index (χ4v) is 5.71. The summed E-state index contributed by atoms with van der Waals surface area (Å²) in [4.78, 5) is 13.7. The summed E-state index contributed by atoms with van der Waals surface area (Å²) in [6.45, 7) is 9.41. The molecule has 0 aliphatic carbocycles. The first-order valence-electron chi connectivity index (χ1n) is 14.9. The summed E-state index contributed by atoms with van der Waals surface area (Å²) >= 11 is 0. The molecule has 1 heterocycles. The SMILES string of the molecule is COc1cc2c(c(OC)c1CCC(C)(C)O)C(=O)C[C@@H](c1ccc(OC)c(OC)c1CCC(C)CCCC(C)(C)O)O2. The first kappa shape index (κ1) is 33.5. The first-order chi connectivity index (χ1) is 19.7. The lowest BCUT2D eigenvalue weighted by molar-refractivity contribution is 0.0667. The van der Waals surface area contributed by atoms with Crippen LogP contribution in [0.4, 0.5) is 0 Å². The van der Waals surface area contributed by atoms with Gasteiger partial charge >= 0.3 is 0 Å². The Labute approximate surface area is 251 Å². The zero-order valence-corrected chi connectivity index (χ0v) is 26.9. The molecule has 2 atom stereocenters. The van der Waals surface area contributed by atoms with E-state index >= 15 is 0 Å². The standard InChI is InChI=1S/C34H50O8/c1-21(11-10-17-33(2,3)36)12-13-23-22(14-15-26(38-6)31(23)40-8)28-19-25(35)30-29(42-28)20-27(39-7)24(32(30)41-9)16-18-34(4,5)37/h14-15,20-21,28,36-37H,10-13,16-19H2,1-9H3/t21?,28-/m0/s1. The van der Waals surface area contributed by atoms with Gasteiger partial charge in [-0.1, -0.05) is 25.8 Å². The van der Waals surface area contributed by atoms with Crippen molar-refractivity contribution in [3.8, 4) is 28.7 Å². The summed E-state index contributed by atoms with van der Waals surface area (Å²) in [5.74, 6) is 3.04. The van der Waals surface area contributed by atoms with Crippen LogP contribution < -0.4 is 23.7 Å². The van der Waals surface area contributed by atoms with Gasteiger partial charge in [-0.2, -0.15) is 0 Å². The molecule has 0 saturated heterocycles. The molecule has 0 fully saturated rings. The highest BCUT2D eigenvalue weighted by Gasteiger charge is 2.35. The molecular formula is C34H50O8. The van der Waals surface area contributed by atoms with Crippen LogP contribution in [-0.2, 0) is 12.8 Å². The predicted octanol–water partition coefficient (Wildman–Crippen LogP) is 6.64. The fourth-order valence-electron chi connectivity index (χ4n) is 5.71. The largest absolute Gasteiger partial charge is 0.496 e. The maximum Gasteiger partial charge on any atom is 0.174 e.